The first kappa shape index (κ1) is 29.3. The molecular weight excluding hydrogens is 452 g/mol. The van der Waals surface area contributed by atoms with Gasteiger partial charge in [0.15, 0.2) is 12.6 Å². The highest BCUT2D eigenvalue weighted by Gasteiger charge is 2.49. The van der Waals surface area contributed by atoms with E-state index in [0.717, 1.165) is 19.3 Å². The second-order valence-electron chi connectivity index (χ2n) is 9.06. The number of nitrogens with two attached hydrogens (primary N) is 1. The van der Waals surface area contributed by atoms with Gasteiger partial charge >= 0.3 is 0 Å². The number of unbranched alkanes of at least 4 members (excludes halogenated alkanes) is 5. The van der Waals surface area contributed by atoms with E-state index in [-0.39, 0.29) is 25.3 Å². The molecule has 0 radical (unpaired) electrons. The molecule has 0 aromatic carbocycles. The molecule has 2 fully saturated rings. The van der Waals surface area contributed by atoms with Gasteiger partial charge in [0.05, 0.1) is 6.10 Å². The van der Waals surface area contributed by atoms with Crippen LogP contribution < -0.4 is 11.1 Å². The lowest BCUT2D eigenvalue weighted by Crippen LogP contribution is -2.63. The van der Waals surface area contributed by atoms with Gasteiger partial charge in [0, 0.05) is 19.5 Å². The average Bonchev–Trinajstić information content (AvgIpc) is 2.83. The Labute approximate surface area is 200 Å². The molecule has 2 aliphatic heterocycles. The quantitative estimate of drug-likeness (QED) is 0.129. The van der Waals surface area contributed by atoms with E-state index < -0.39 is 61.4 Å². The maximum absolute atomic E-state index is 12.1. The number of nitrogens with one attached hydrogen (secondary N) is 1. The lowest BCUT2D eigenvalue weighted by Gasteiger charge is -2.45. The van der Waals surface area contributed by atoms with Crippen LogP contribution in [0.25, 0.3) is 0 Å². The molecule has 0 aromatic rings. The van der Waals surface area contributed by atoms with Gasteiger partial charge in [-0.3, -0.25) is 4.79 Å². The topological polar surface area (TPSA) is 204 Å². The molecule has 1 unspecified atom stereocenters. The molecule has 9 N–H and O–H groups in total. The SMILES string of the molecule is CCCCCCCCNC(=O)CC[C@H]1OC(O[C@H]2O[C@H](CN)[C@@H](O)[C@@H](O)[C@H]2O)[C@H](O)[C@@H](O)[C@@H]1O. The molecule has 2 rings (SSSR count). The fraction of sp³-hybridized carbons (Fsp3) is 0.955. The van der Waals surface area contributed by atoms with E-state index >= 15 is 0 Å². The zero-order valence-electron chi connectivity index (χ0n) is 19.7. The molecule has 10 atom stereocenters. The largest absolute Gasteiger partial charge is 0.388 e. The number of aliphatic hydroxyl groups excluding tert-OH is 6. The van der Waals surface area contributed by atoms with Gasteiger partial charge in [-0.25, -0.2) is 0 Å². The summed E-state index contributed by atoms with van der Waals surface area (Å²) in [7, 11) is 0. The minimum Gasteiger partial charge on any atom is -0.388 e. The third-order valence-electron chi connectivity index (χ3n) is 6.35. The molecular formula is C22H42N2O10. The van der Waals surface area contributed by atoms with Crippen LogP contribution in [0.4, 0.5) is 0 Å². The predicted octanol–water partition coefficient (Wildman–Crippen LogP) is -2.17. The first-order valence-electron chi connectivity index (χ1n) is 12.2. The van der Waals surface area contributed by atoms with Crippen LogP contribution in [0.3, 0.4) is 0 Å². The van der Waals surface area contributed by atoms with E-state index in [0.29, 0.717) is 6.54 Å². The Bertz CT molecular complexity index is 598. The average molecular weight is 495 g/mol. The number of ether oxygens (including phenoxy) is 3. The van der Waals surface area contributed by atoms with Crippen molar-refractivity contribution < 1.29 is 49.6 Å². The maximum Gasteiger partial charge on any atom is 0.220 e. The Balaban J connectivity index is 1.83. The number of amides is 1. The van der Waals surface area contributed by atoms with Crippen molar-refractivity contribution >= 4 is 5.91 Å². The molecule has 0 aliphatic carbocycles. The fourth-order valence-corrected chi connectivity index (χ4v) is 4.12. The van der Waals surface area contributed by atoms with E-state index in [4.69, 9.17) is 19.9 Å². The van der Waals surface area contributed by atoms with E-state index in [1.165, 1.54) is 19.3 Å². The third-order valence-corrected chi connectivity index (χ3v) is 6.35. The molecule has 2 heterocycles. The Morgan fingerprint density at radius 3 is 1.91 bits per heavy atom. The van der Waals surface area contributed by atoms with Crippen LogP contribution in [-0.2, 0) is 19.0 Å². The highest BCUT2D eigenvalue weighted by Crippen LogP contribution is 2.29. The number of hydrogen-bond donors (Lipinski definition) is 8. The molecule has 0 aromatic heterocycles. The molecule has 2 saturated heterocycles. The standard InChI is InChI=1S/C22H42N2O10/c1-2-3-4-5-6-7-10-24-14(25)9-8-12-15(26)17(28)19(30)21(32-12)34-22-20(31)18(29)16(27)13(11-23)33-22/h12-13,15-22,26-31H,2-11,23H2,1H3,(H,24,25)/t12-,13-,15-,16-,17+,18-,19-,20-,21?,22-/m1/s1. The van der Waals surface area contributed by atoms with Crippen molar-refractivity contribution in [1.29, 1.82) is 0 Å². The lowest BCUT2D eigenvalue weighted by atomic mass is 9.95. The van der Waals surface area contributed by atoms with Gasteiger partial charge < -0.3 is 55.9 Å². The zero-order chi connectivity index (χ0) is 25.3. The van der Waals surface area contributed by atoms with Crippen LogP contribution in [0.15, 0.2) is 0 Å². The molecule has 0 saturated carbocycles. The van der Waals surface area contributed by atoms with Gasteiger partial charge in [-0.05, 0) is 12.8 Å². The number of aliphatic hydroxyl groups is 6. The summed E-state index contributed by atoms with van der Waals surface area (Å²) in [5.74, 6) is -0.226. The second kappa shape index (κ2) is 14.6. The van der Waals surface area contributed by atoms with Crippen molar-refractivity contribution in [3.05, 3.63) is 0 Å². The fourth-order valence-electron chi connectivity index (χ4n) is 4.12. The van der Waals surface area contributed by atoms with Crippen LogP contribution in [0.1, 0.15) is 58.3 Å². The number of rotatable bonds is 13. The minimum absolute atomic E-state index is 0.0236. The molecule has 1 amide bonds. The Kier molecular flexibility index (Phi) is 12.6. The van der Waals surface area contributed by atoms with Gasteiger partial charge in [-0.1, -0.05) is 39.0 Å². The highest BCUT2D eigenvalue weighted by molar-refractivity contribution is 5.75. The van der Waals surface area contributed by atoms with E-state index in [1.807, 2.05) is 0 Å². The van der Waals surface area contributed by atoms with Crippen molar-refractivity contribution in [2.75, 3.05) is 13.1 Å². The second-order valence-corrected chi connectivity index (χ2v) is 9.06. The predicted molar refractivity (Wildman–Crippen MR) is 119 cm³/mol. The molecule has 0 bridgehead atoms. The van der Waals surface area contributed by atoms with Crippen molar-refractivity contribution in [2.24, 2.45) is 5.73 Å². The number of carbonyl (C=O) groups is 1. The Morgan fingerprint density at radius 2 is 1.32 bits per heavy atom. The first-order chi connectivity index (χ1) is 16.2. The Morgan fingerprint density at radius 1 is 0.794 bits per heavy atom. The van der Waals surface area contributed by atoms with Gasteiger partial charge in [-0.2, -0.15) is 0 Å². The summed E-state index contributed by atoms with van der Waals surface area (Å²) in [6, 6.07) is 0. The summed E-state index contributed by atoms with van der Waals surface area (Å²) in [5.41, 5.74) is 5.50. The van der Waals surface area contributed by atoms with Crippen LogP contribution in [-0.4, -0.2) is 111 Å². The maximum atomic E-state index is 12.1. The number of hydrogen-bond acceptors (Lipinski definition) is 11. The van der Waals surface area contributed by atoms with Crippen LogP contribution in [0.2, 0.25) is 0 Å². The summed E-state index contributed by atoms with van der Waals surface area (Å²) in [5, 5.41) is 63.6. The summed E-state index contributed by atoms with van der Waals surface area (Å²) < 4.78 is 16.4. The monoisotopic (exact) mass is 494 g/mol. The summed E-state index contributed by atoms with van der Waals surface area (Å²) in [6.07, 6.45) is -7.95. The van der Waals surface area contributed by atoms with E-state index in [1.54, 1.807) is 0 Å². The van der Waals surface area contributed by atoms with Gasteiger partial charge in [0.2, 0.25) is 5.91 Å². The molecule has 12 nitrogen and oxygen atoms in total. The van der Waals surface area contributed by atoms with Gasteiger partial charge in [0.25, 0.3) is 0 Å². The molecule has 12 heteroatoms. The van der Waals surface area contributed by atoms with Crippen LogP contribution in [0, 0.1) is 0 Å². The lowest BCUT2D eigenvalue weighted by molar-refractivity contribution is -0.373. The first-order valence-corrected chi connectivity index (χ1v) is 12.2. The van der Waals surface area contributed by atoms with Crippen LogP contribution in [0.5, 0.6) is 0 Å². The summed E-state index contributed by atoms with van der Waals surface area (Å²) >= 11 is 0. The smallest absolute Gasteiger partial charge is 0.220 e. The molecule has 34 heavy (non-hydrogen) atoms. The van der Waals surface area contributed by atoms with Gasteiger partial charge in [-0.15, -0.1) is 0 Å². The van der Waals surface area contributed by atoms with Gasteiger partial charge in [0.1, 0.15) is 42.7 Å². The van der Waals surface area contributed by atoms with E-state index in [9.17, 15) is 35.4 Å². The van der Waals surface area contributed by atoms with Crippen molar-refractivity contribution in [3.63, 3.8) is 0 Å². The van der Waals surface area contributed by atoms with E-state index in [2.05, 4.69) is 12.2 Å². The zero-order valence-corrected chi connectivity index (χ0v) is 19.7. The van der Waals surface area contributed by atoms with Crippen molar-refractivity contribution in [3.8, 4) is 0 Å². The van der Waals surface area contributed by atoms with Crippen molar-refractivity contribution in [2.45, 2.75) is 120 Å². The minimum atomic E-state index is -1.69. The number of carbonyl (C=O) groups excluding carboxylic acids is 1. The van der Waals surface area contributed by atoms with Crippen LogP contribution >= 0.6 is 0 Å². The summed E-state index contributed by atoms with van der Waals surface area (Å²) in [4.78, 5) is 12.1. The van der Waals surface area contributed by atoms with Crippen molar-refractivity contribution in [1.82, 2.24) is 5.32 Å². The normalized spacial score (nSPS) is 38.6. The molecule has 2 aliphatic rings. The summed E-state index contributed by atoms with van der Waals surface area (Å²) in [6.45, 7) is 2.54. The third kappa shape index (κ3) is 8.05. The molecule has 200 valence electrons. The Hall–Kier alpha value is -0.930. The molecule has 0 spiro atoms. The highest BCUT2D eigenvalue weighted by atomic mass is 16.8.